The minimum Gasteiger partial charge on any atom is -0.399 e. The summed E-state index contributed by atoms with van der Waals surface area (Å²) in [7, 11) is 0. The number of carbonyl (C=O) groups excluding carboxylic acids is 1. The van der Waals surface area contributed by atoms with Crippen molar-refractivity contribution in [1.82, 2.24) is 10.3 Å². The first kappa shape index (κ1) is 14.8. The van der Waals surface area contributed by atoms with E-state index in [4.69, 9.17) is 5.73 Å². The summed E-state index contributed by atoms with van der Waals surface area (Å²) in [6.07, 6.45) is 3.63. The molecule has 110 valence electrons. The van der Waals surface area contributed by atoms with Crippen molar-refractivity contribution in [2.45, 2.75) is 12.8 Å². The van der Waals surface area contributed by atoms with E-state index in [9.17, 15) is 4.79 Å². The molecule has 2 aromatic rings. The predicted molar refractivity (Wildman–Crippen MR) is 85.1 cm³/mol. The third-order valence-corrected chi connectivity index (χ3v) is 3.01. The lowest BCUT2D eigenvalue weighted by molar-refractivity contribution is 0.0953. The van der Waals surface area contributed by atoms with Crippen molar-refractivity contribution in [2.75, 3.05) is 24.1 Å². The fraction of sp³-hybridized carbons (Fsp3) is 0.250. The molecule has 5 nitrogen and oxygen atoms in total. The van der Waals surface area contributed by atoms with E-state index in [-0.39, 0.29) is 5.91 Å². The molecule has 0 saturated heterocycles. The summed E-state index contributed by atoms with van der Waals surface area (Å²) in [5.41, 5.74) is 6.85. The first-order chi connectivity index (χ1) is 10.3. The maximum Gasteiger partial charge on any atom is 0.251 e. The third-order valence-electron chi connectivity index (χ3n) is 3.01. The molecular weight excluding hydrogens is 264 g/mol. The summed E-state index contributed by atoms with van der Waals surface area (Å²) in [6.45, 7) is 1.49. The zero-order valence-corrected chi connectivity index (χ0v) is 11.9. The molecule has 1 heterocycles. The van der Waals surface area contributed by atoms with Gasteiger partial charge in [0.25, 0.3) is 5.91 Å². The number of benzene rings is 1. The van der Waals surface area contributed by atoms with Gasteiger partial charge in [0.05, 0.1) is 0 Å². The van der Waals surface area contributed by atoms with Crippen LogP contribution < -0.4 is 16.4 Å². The van der Waals surface area contributed by atoms with Crippen LogP contribution in [0.25, 0.3) is 0 Å². The number of amides is 1. The van der Waals surface area contributed by atoms with E-state index in [0.29, 0.717) is 17.8 Å². The number of rotatable bonds is 7. The number of aromatic nitrogens is 1. The standard InChI is InChI=1S/C16H20N4O/c17-14-7-5-6-13(12-14)16(21)20-11-4-3-10-19-15-8-1-2-9-18-15/h1-2,5-9,12H,3-4,10-11,17H2,(H,18,19)(H,20,21). The highest BCUT2D eigenvalue weighted by molar-refractivity contribution is 5.94. The number of hydrogen-bond acceptors (Lipinski definition) is 4. The molecule has 1 amide bonds. The van der Waals surface area contributed by atoms with Gasteiger partial charge < -0.3 is 16.4 Å². The Morgan fingerprint density at radius 3 is 2.71 bits per heavy atom. The molecule has 2 rings (SSSR count). The highest BCUT2D eigenvalue weighted by Crippen LogP contribution is 2.06. The topological polar surface area (TPSA) is 80.0 Å². The maximum absolute atomic E-state index is 11.9. The minimum absolute atomic E-state index is 0.0833. The molecular formula is C16H20N4O. The van der Waals surface area contributed by atoms with Gasteiger partial charge in [0.1, 0.15) is 5.82 Å². The summed E-state index contributed by atoms with van der Waals surface area (Å²) in [5.74, 6) is 0.793. The van der Waals surface area contributed by atoms with Gasteiger partial charge in [-0.25, -0.2) is 4.98 Å². The Balaban J connectivity index is 1.60. The van der Waals surface area contributed by atoms with Crippen molar-refractivity contribution >= 4 is 17.4 Å². The van der Waals surface area contributed by atoms with Crippen LogP contribution >= 0.6 is 0 Å². The highest BCUT2D eigenvalue weighted by atomic mass is 16.1. The monoisotopic (exact) mass is 284 g/mol. The molecule has 1 aromatic carbocycles. The van der Waals surface area contributed by atoms with Crippen LogP contribution in [-0.2, 0) is 0 Å². The summed E-state index contributed by atoms with van der Waals surface area (Å²) in [6, 6.07) is 12.7. The Labute approximate surface area is 124 Å². The van der Waals surface area contributed by atoms with Crippen molar-refractivity contribution in [1.29, 1.82) is 0 Å². The van der Waals surface area contributed by atoms with E-state index in [0.717, 1.165) is 25.2 Å². The third kappa shape index (κ3) is 5.14. The van der Waals surface area contributed by atoms with E-state index in [1.807, 2.05) is 18.2 Å². The quantitative estimate of drug-likeness (QED) is 0.538. The van der Waals surface area contributed by atoms with Crippen LogP contribution in [0.1, 0.15) is 23.2 Å². The molecule has 0 radical (unpaired) electrons. The van der Waals surface area contributed by atoms with Crippen molar-refractivity contribution in [3.8, 4) is 0 Å². The average Bonchev–Trinajstić information content (AvgIpc) is 2.51. The molecule has 0 saturated carbocycles. The van der Waals surface area contributed by atoms with E-state index in [2.05, 4.69) is 15.6 Å². The van der Waals surface area contributed by atoms with Gasteiger partial charge in [-0.2, -0.15) is 0 Å². The number of pyridine rings is 1. The lowest BCUT2D eigenvalue weighted by atomic mass is 10.2. The lowest BCUT2D eigenvalue weighted by Crippen LogP contribution is -2.24. The maximum atomic E-state index is 11.9. The lowest BCUT2D eigenvalue weighted by Gasteiger charge is -2.07. The predicted octanol–water partition coefficient (Wildman–Crippen LogP) is 2.29. The second-order valence-corrected chi connectivity index (χ2v) is 4.73. The number of nitrogens with zero attached hydrogens (tertiary/aromatic N) is 1. The van der Waals surface area contributed by atoms with Crippen molar-refractivity contribution in [2.24, 2.45) is 0 Å². The molecule has 0 bridgehead atoms. The van der Waals surface area contributed by atoms with Crippen LogP contribution in [-0.4, -0.2) is 24.0 Å². The van der Waals surface area contributed by atoms with Crippen molar-refractivity contribution in [3.05, 3.63) is 54.2 Å². The molecule has 21 heavy (non-hydrogen) atoms. The second kappa shape index (κ2) is 7.89. The molecule has 0 atom stereocenters. The Hall–Kier alpha value is -2.56. The molecule has 1 aromatic heterocycles. The number of unbranched alkanes of at least 4 members (excludes halogenated alkanes) is 1. The summed E-state index contributed by atoms with van der Waals surface area (Å²) in [4.78, 5) is 16.0. The largest absolute Gasteiger partial charge is 0.399 e. The van der Waals surface area contributed by atoms with Crippen molar-refractivity contribution in [3.63, 3.8) is 0 Å². The van der Waals surface area contributed by atoms with Gasteiger partial charge in [0, 0.05) is 30.5 Å². The fourth-order valence-electron chi connectivity index (χ4n) is 1.92. The smallest absolute Gasteiger partial charge is 0.251 e. The van der Waals surface area contributed by atoms with Gasteiger partial charge in [0.2, 0.25) is 0 Å². The SMILES string of the molecule is Nc1cccc(C(=O)NCCCCNc2ccccn2)c1. The van der Waals surface area contributed by atoms with E-state index >= 15 is 0 Å². The minimum atomic E-state index is -0.0833. The molecule has 0 spiro atoms. The Bertz CT molecular complexity index is 571. The van der Waals surface area contributed by atoms with E-state index in [1.165, 1.54) is 0 Å². The van der Waals surface area contributed by atoms with E-state index < -0.39 is 0 Å². The zero-order valence-electron chi connectivity index (χ0n) is 11.9. The molecule has 0 fully saturated rings. The number of carbonyl (C=O) groups is 1. The molecule has 0 aliphatic heterocycles. The first-order valence-corrected chi connectivity index (χ1v) is 7.04. The van der Waals surface area contributed by atoms with Gasteiger partial charge in [0.15, 0.2) is 0 Å². The van der Waals surface area contributed by atoms with Crippen LogP contribution in [0, 0.1) is 0 Å². The summed E-state index contributed by atoms with van der Waals surface area (Å²) in [5, 5.41) is 6.12. The molecule has 5 heteroatoms. The summed E-state index contributed by atoms with van der Waals surface area (Å²) < 4.78 is 0. The van der Waals surface area contributed by atoms with Crippen LogP contribution in [0.15, 0.2) is 48.7 Å². The van der Waals surface area contributed by atoms with E-state index in [1.54, 1.807) is 30.5 Å². The molecule has 4 N–H and O–H groups in total. The fourth-order valence-corrected chi connectivity index (χ4v) is 1.92. The number of nitrogens with one attached hydrogen (secondary N) is 2. The Morgan fingerprint density at radius 2 is 1.95 bits per heavy atom. The molecule has 0 aliphatic carbocycles. The number of nitrogens with two attached hydrogens (primary N) is 1. The normalized spacial score (nSPS) is 10.1. The zero-order chi connectivity index (χ0) is 14.9. The Morgan fingerprint density at radius 1 is 1.10 bits per heavy atom. The van der Waals surface area contributed by atoms with Crippen LogP contribution in [0.5, 0.6) is 0 Å². The van der Waals surface area contributed by atoms with Gasteiger partial charge in [-0.05, 0) is 43.2 Å². The van der Waals surface area contributed by atoms with Crippen molar-refractivity contribution < 1.29 is 4.79 Å². The highest BCUT2D eigenvalue weighted by Gasteiger charge is 2.04. The van der Waals surface area contributed by atoms with Crippen LogP contribution in [0.3, 0.4) is 0 Å². The van der Waals surface area contributed by atoms with Gasteiger partial charge in [-0.1, -0.05) is 12.1 Å². The van der Waals surface area contributed by atoms with Crippen LogP contribution in [0.2, 0.25) is 0 Å². The van der Waals surface area contributed by atoms with Gasteiger partial charge in [-0.3, -0.25) is 4.79 Å². The number of nitrogen functional groups attached to an aromatic ring is 1. The average molecular weight is 284 g/mol. The van der Waals surface area contributed by atoms with Gasteiger partial charge in [-0.15, -0.1) is 0 Å². The molecule has 0 aliphatic rings. The first-order valence-electron chi connectivity index (χ1n) is 7.04. The second-order valence-electron chi connectivity index (χ2n) is 4.73. The number of anilines is 2. The van der Waals surface area contributed by atoms with Gasteiger partial charge >= 0.3 is 0 Å². The molecule has 0 unspecified atom stereocenters. The summed E-state index contributed by atoms with van der Waals surface area (Å²) >= 11 is 0. The Kier molecular flexibility index (Phi) is 5.58. The number of hydrogen-bond donors (Lipinski definition) is 3. The van der Waals surface area contributed by atoms with Crippen LogP contribution in [0.4, 0.5) is 11.5 Å².